The molecule has 0 spiro atoms. The van der Waals surface area contributed by atoms with Gasteiger partial charge in [-0.05, 0) is 37.1 Å². The minimum absolute atomic E-state index is 0.101. The van der Waals surface area contributed by atoms with Crippen LogP contribution in [0.2, 0.25) is 0 Å². The number of hydrogen-bond acceptors (Lipinski definition) is 5. The number of benzene rings is 1. The third kappa shape index (κ3) is 4.21. The molecule has 0 saturated carbocycles. The van der Waals surface area contributed by atoms with E-state index in [-0.39, 0.29) is 29.9 Å². The maximum atomic E-state index is 12.6. The van der Waals surface area contributed by atoms with E-state index in [9.17, 15) is 13.2 Å². The van der Waals surface area contributed by atoms with E-state index in [4.69, 9.17) is 9.84 Å². The van der Waals surface area contributed by atoms with E-state index in [1.165, 1.54) is 23.5 Å². The standard InChI is InChI=1S/C15H22N2O5S/c1-22-13-2-4-14(5-3-13)23(20,21)17-9-6-12(7-10-17)15(19)16-8-11-18/h2-5,12,18H,6-11H2,1H3,(H,16,19). The summed E-state index contributed by atoms with van der Waals surface area (Å²) in [5, 5.41) is 11.3. The van der Waals surface area contributed by atoms with Crippen molar-refractivity contribution in [2.45, 2.75) is 17.7 Å². The molecule has 2 N–H and O–H groups in total. The second-order valence-electron chi connectivity index (χ2n) is 5.37. The van der Waals surface area contributed by atoms with Crippen LogP contribution in [-0.2, 0) is 14.8 Å². The molecule has 0 bridgehead atoms. The highest BCUT2D eigenvalue weighted by Crippen LogP contribution is 2.25. The first kappa shape index (κ1) is 17.7. The number of carbonyl (C=O) groups excluding carboxylic acids is 1. The van der Waals surface area contributed by atoms with E-state index in [1.54, 1.807) is 12.1 Å². The molecule has 1 heterocycles. The Morgan fingerprint density at radius 2 is 1.91 bits per heavy atom. The predicted molar refractivity (Wildman–Crippen MR) is 84.6 cm³/mol. The van der Waals surface area contributed by atoms with Crippen molar-refractivity contribution in [3.63, 3.8) is 0 Å². The van der Waals surface area contributed by atoms with E-state index in [1.807, 2.05) is 0 Å². The van der Waals surface area contributed by atoms with Crippen molar-refractivity contribution in [3.05, 3.63) is 24.3 Å². The summed E-state index contributed by atoms with van der Waals surface area (Å²) in [5.74, 6) is 0.271. The molecule has 128 valence electrons. The lowest BCUT2D eigenvalue weighted by Gasteiger charge is -2.30. The summed E-state index contributed by atoms with van der Waals surface area (Å²) in [6.07, 6.45) is 0.958. The molecule has 2 rings (SSSR count). The maximum absolute atomic E-state index is 12.6. The number of nitrogens with one attached hydrogen (secondary N) is 1. The molecule has 1 aliphatic rings. The molecular weight excluding hydrogens is 320 g/mol. The third-order valence-electron chi connectivity index (χ3n) is 3.93. The minimum Gasteiger partial charge on any atom is -0.497 e. The van der Waals surface area contributed by atoms with Gasteiger partial charge in [-0.15, -0.1) is 0 Å². The van der Waals surface area contributed by atoms with Crippen LogP contribution in [0, 0.1) is 5.92 Å². The van der Waals surface area contributed by atoms with Crippen LogP contribution in [0.15, 0.2) is 29.2 Å². The number of amides is 1. The van der Waals surface area contributed by atoms with Crippen LogP contribution in [-0.4, -0.2) is 57.1 Å². The number of piperidine rings is 1. The summed E-state index contributed by atoms with van der Waals surface area (Å²) in [5.41, 5.74) is 0. The first-order valence-electron chi connectivity index (χ1n) is 7.52. The molecule has 1 aromatic rings. The highest BCUT2D eigenvalue weighted by Gasteiger charge is 2.31. The molecule has 23 heavy (non-hydrogen) atoms. The quantitative estimate of drug-likeness (QED) is 0.770. The van der Waals surface area contributed by atoms with Crippen molar-refractivity contribution in [3.8, 4) is 5.75 Å². The largest absolute Gasteiger partial charge is 0.497 e. The lowest BCUT2D eigenvalue weighted by Crippen LogP contribution is -2.43. The van der Waals surface area contributed by atoms with Crippen molar-refractivity contribution < 1.29 is 23.1 Å². The summed E-state index contributed by atoms with van der Waals surface area (Å²) in [6, 6.07) is 6.27. The van der Waals surface area contributed by atoms with Crippen molar-refractivity contribution in [2.75, 3.05) is 33.4 Å². The van der Waals surface area contributed by atoms with Gasteiger partial charge >= 0.3 is 0 Å². The summed E-state index contributed by atoms with van der Waals surface area (Å²) in [6.45, 7) is 0.747. The Morgan fingerprint density at radius 3 is 2.43 bits per heavy atom. The van der Waals surface area contributed by atoms with Gasteiger partial charge in [-0.2, -0.15) is 4.31 Å². The Labute approximate surface area is 136 Å². The summed E-state index contributed by atoms with van der Waals surface area (Å²) >= 11 is 0. The molecule has 1 aliphatic heterocycles. The highest BCUT2D eigenvalue weighted by molar-refractivity contribution is 7.89. The summed E-state index contributed by atoms with van der Waals surface area (Å²) in [4.78, 5) is 12.1. The third-order valence-corrected chi connectivity index (χ3v) is 5.85. The Balaban J connectivity index is 1.99. The lowest BCUT2D eigenvalue weighted by atomic mass is 9.97. The topological polar surface area (TPSA) is 95.9 Å². The second kappa shape index (κ2) is 7.76. The number of carbonyl (C=O) groups is 1. The average molecular weight is 342 g/mol. The van der Waals surface area contributed by atoms with Crippen LogP contribution in [0.1, 0.15) is 12.8 Å². The molecule has 1 saturated heterocycles. The number of aliphatic hydroxyl groups is 1. The first-order valence-corrected chi connectivity index (χ1v) is 8.96. The lowest BCUT2D eigenvalue weighted by molar-refractivity contribution is -0.126. The molecule has 1 amide bonds. The number of nitrogens with zero attached hydrogens (tertiary/aromatic N) is 1. The number of methoxy groups -OCH3 is 1. The predicted octanol–water partition coefficient (Wildman–Crippen LogP) is 0.204. The molecule has 0 aliphatic carbocycles. The Kier molecular flexibility index (Phi) is 5.97. The van der Waals surface area contributed by atoms with E-state index in [2.05, 4.69) is 5.32 Å². The Bertz CT molecular complexity index is 622. The van der Waals surface area contributed by atoms with Gasteiger partial charge in [-0.25, -0.2) is 8.42 Å². The van der Waals surface area contributed by atoms with Gasteiger partial charge in [-0.3, -0.25) is 4.79 Å². The average Bonchev–Trinajstić information content (AvgIpc) is 2.59. The summed E-state index contributed by atoms with van der Waals surface area (Å²) < 4.78 is 31.6. The molecule has 1 aromatic carbocycles. The van der Waals surface area contributed by atoms with Crippen LogP contribution in [0.5, 0.6) is 5.75 Å². The van der Waals surface area contributed by atoms with Crippen molar-refractivity contribution in [1.82, 2.24) is 9.62 Å². The Morgan fingerprint density at radius 1 is 1.30 bits per heavy atom. The smallest absolute Gasteiger partial charge is 0.243 e. The van der Waals surface area contributed by atoms with E-state index in [0.717, 1.165) is 0 Å². The number of ether oxygens (including phenoxy) is 1. The van der Waals surface area contributed by atoms with Crippen LogP contribution in [0.4, 0.5) is 0 Å². The molecule has 1 fully saturated rings. The van der Waals surface area contributed by atoms with Crippen LogP contribution >= 0.6 is 0 Å². The zero-order chi connectivity index (χ0) is 16.9. The first-order chi connectivity index (χ1) is 11.0. The van der Waals surface area contributed by atoms with Gasteiger partial charge in [0.15, 0.2) is 0 Å². The normalized spacial score (nSPS) is 17.0. The fourth-order valence-electron chi connectivity index (χ4n) is 2.58. The zero-order valence-corrected chi connectivity index (χ0v) is 13.9. The van der Waals surface area contributed by atoms with E-state index >= 15 is 0 Å². The fourth-order valence-corrected chi connectivity index (χ4v) is 4.05. The number of rotatable bonds is 6. The van der Waals surface area contributed by atoms with Gasteiger partial charge in [0, 0.05) is 25.6 Å². The fraction of sp³-hybridized carbons (Fsp3) is 0.533. The van der Waals surface area contributed by atoms with Gasteiger partial charge in [-0.1, -0.05) is 0 Å². The highest BCUT2D eigenvalue weighted by atomic mass is 32.2. The minimum atomic E-state index is -3.55. The molecule has 0 unspecified atom stereocenters. The SMILES string of the molecule is COc1ccc(S(=O)(=O)N2CCC(C(=O)NCCO)CC2)cc1. The maximum Gasteiger partial charge on any atom is 0.243 e. The van der Waals surface area contributed by atoms with E-state index < -0.39 is 10.0 Å². The zero-order valence-electron chi connectivity index (χ0n) is 13.1. The molecular formula is C15H22N2O5S. The van der Waals surface area contributed by atoms with Gasteiger partial charge in [0.2, 0.25) is 15.9 Å². The Hall–Kier alpha value is -1.64. The molecule has 8 heteroatoms. The second-order valence-corrected chi connectivity index (χ2v) is 7.31. The van der Waals surface area contributed by atoms with Gasteiger partial charge < -0.3 is 15.2 Å². The number of aliphatic hydroxyl groups excluding tert-OH is 1. The molecule has 0 atom stereocenters. The van der Waals surface area contributed by atoms with Crippen molar-refractivity contribution >= 4 is 15.9 Å². The van der Waals surface area contributed by atoms with Gasteiger partial charge in [0.25, 0.3) is 0 Å². The number of hydrogen-bond donors (Lipinski definition) is 2. The van der Waals surface area contributed by atoms with Crippen LogP contribution in [0.3, 0.4) is 0 Å². The van der Waals surface area contributed by atoms with Crippen LogP contribution < -0.4 is 10.1 Å². The molecule has 0 radical (unpaired) electrons. The van der Waals surface area contributed by atoms with Crippen molar-refractivity contribution in [2.24, 2.45) is 5.92 Å². The van der Waals surface area contributed by atoms with E-state index in [0.29, 0.717) is 31.7 Å². The number of sulfonamides is 1. The molecule has 0 aromatic heterocycles. The summed E-state index contributed by atoms with van der Waals surface area (Å²) in [7, 11) is -2.02. The van der Waals surface area contributed by atoms with Crippen LogP contribution in [0.25, 0.3) is 0 Å². The van der Waals surface area contributed by atoms with Gasteiger partial charge in [0.1, 0.15) is 5.75 Å². The molecule has 7 nitrogen and oxygen atoms in total. The van der Waals surface area contributed by atoms with Crippen molar-refractivity contribution in [1.29, 1.82) is 0 Å². The monoisotopic (exact) mass is 342 g/mol. The van der Waals surface area contributed by atoms with Gasteiger partial charge in [0.05, 0.1) is 18.6 Å².